The van der Waals surface area contributed by atoms with E-state index in [-0.39, 0.29) is 0 Å². The Morgan fingerprint density at radius 3 is 2.80 bits per heavy atom. The molecule has 2 N–H and O–H groups in total. The fourth-order valence-electron chi connectivity index (χ4n) is 2.64. The van der Waals surface area contributed by atoms with E-state index in [0.29, 0.717) is 12.0 Å². The van der Waals surface area contributed by atoms with Gasteiger partial charge < -0.3 is 15.5 Å². The van der Waals surface area contributed by atoms with E-state index in [9.17, 15) is 0 Å². The molecule has 5 nitrogen and oxygen atoms in total. The van der Waals surface area contributed by atoms with Crippen molar-refractivity contribution in [1.29, 1.82) is 0 Å². The molecule has 1 aliphatic heterocycles. The summed E-state index contributed by atoms with van der Waals surface area (Å²) in [4.78, 5) is 11.4. The third-order valence-electron chi connectivity index (χ3n) is 3.81. The zero-order valence-electron chi connectivity index (χ0n) is 13.1. The lowest BCUT2D eigenvalue weighted by molar-refractivity contribution is 0.266. The normalized spacial score (nSPS) is 19.6. The quantitative estimate of drug-likeness (QED) is 0.836. The first-order valence-electron chi connectivity index (χ1n) is 7.66. The maximum absolute atomic E-state index is 4.49. The Morgan fingerprint density at radius 1 is 1.35 bits per heavy atom. The van der Waals surface area contributed by atoms with Gasteiger partial charge in [0.05, 0.1) is 0 Å². The number of nitrogens with one attached hydrogen (secondary N) is 2. The zero-order valence-corrected chi connectivity index (χ0v) is 13.1. The van der Waals surface area contributed by atoms with Gasteiger partial charge in [-0.1, -0.05) is 0 Å². The molecule has 2 heterocycles. The predicted molar refractivity (Wildman–Crippen MR) is 84.2 cm³/mol. The molecule has 1 saturated heterocycles. The van der Waals surface area contributed by atoms with Crippen LogP contribution in [0.15, 0.2) is 6.07 Å². The Hall–Kier alpha value is -1.36. The lowest BCUT2D eigenvalue weighted by Gasteiger charge is -2.20. The largest absolute Gasteiger partial charge is 0.370 e. The predicted octanol–water partition coefficient (Wildman–Crippen LogP) is 2.36. The van der Waals surface area contributed by atoms with Gasteiger partial charge in [-0.25, -0.2) is 4.98 Å². The van der Waals surface area contributed by atoms with Gasteiger partial charge >= 0.3 is 0 Å². The second kappa shape index (κ2) is 6.88. The highest BCUT2D eigenvalue weighted by atomic mass is 15.2. The molecule has 20 heavy (non-hydrogen) atoms. The number of nitrogens with zero attached hydrogens (tertiary/aromatic N) is 3. The summed E-state index contributed by atoms with van der Waals surface area (Å²) in [5, 5.41) is 6.64. The van der Waals surface area contributed by atoms with E-state index in [2.05, 4.69) is 46.3 Å². The van der Waals surface area contributed by atoms with Gasteiger partial charge in [-0.2, -0.15) is 4.98 Å². The van der Waals surface area contributed by atoms with E-state index in [1.165, 1.54) is 19.5 Å². The molecule has 0 bridgehead atoms. The first-order chi connectivity index (χ1) is 9.58. The number of aryl methyl sites for hydroxylation is 1. The second-order valence-electron chi connectivity index (χ2n) is 5.87. The van der Waals surface area contributed by atoms with Gasteiger partial charge in [-0.05, 0) is 46.6 Å². The van der Waals surface area contributed by atoms with Crippen molar-refractivity contribution in [3.8, 4) is 0 Å². The summed E-state index contributed by atoms with van der Waals surface area (Å²) in [6.07, 6.45) is 1.27. The summed E-state index contributed by atoms with van der Waals surface area (Å²) in [5.74, 6) is 2.36. The number of anilines is 2. The van der Waals surface area contributed by atoms with Crippen LogP contribution in [0.4, 0.5) is 11.8 Å². The number of aromatic nitrogens is 2. The molecule has 0 spiro atoms. The Morgan fingerprint density at radius 2 is 2.15 bits per heavy atom. The number of rotatable bonds is 6. The molecule has 2 rings (SSSR count). The van der Waals surface area contributed by atoms with Gasteiger partial charge in [-0.3, -0.25) is 0 Å². The highest BCUT2D eigenvalue weighted by molar-refractivity contribution is 5.42. The van der Waals surface area contributed by atoms with Crippen LogP contribution >= 0.6 is 0 Å². The van der Waals surface area contributed by atoms with Crippen LogP contribution in [0.2, 0.25) is 0 Å². The van der Waals surface area contributed by atoms with Crippen LogP contribution in [0.25, 0.3) is 0 Å². The van der Waals surface area contributed by atoms with Gasteiger partial charge in [0.1, 0.15) is 5.82 Å². The summed E-state index contributed by atoms with van der Waals surface area (Å²) in [6.45, 7) is 12.8. The van der Waals surface area contributed by atoms with E-state index < -0.39 is 0 Å². The van der Waals surface area contributed by atoms with E-state index >= 15 is 0 Å². The van der Waals surface area contributed by atoms with Gasteiger partial charge in [0.25, 0.3) is 0 Å². The Bertz CT molecular complexity index is 432. The zero-order chi connectivity index (χ0) is 14.5. The van der Waals surface area contributed by atoms with Crippen molar-refractivity contribution in [2.24, 2.45) is 5.92 Å². The van der Waals surface area contributed by atoms with Crippen LogP contribution in [0.1, 0.15) is 32.9 Å². The molecule has 0 aromatic carbocycles. The summed E-state index contributed by atoms with van der Waals surface area (Å²) in [5.41, 5.74) is 0.994. The standard InChI is InChI=1S/C15H27N5/c1-5-16-15-18-12(4)8-14(19-15)17-9-13-6-7-20(10-13)11(2)3/h8,11,13H,5-7,9-10H2,1-4H3,(H2,16,17,18,19). The molecule has 0 saturated carbocycles. The van der Waals surface area contributed by atoms with Crippen LogP contribution in [0, 0.1) is 12.8 Å². The summed E-state index contributed by atoms with van der Waals surface area (Å²) in [7, 11) is 0. The topological polar surface area (TPSA) is 53.1 Å². The molecule has 0 aliphatic carbocycles. The van der Waals surface area contributed by atoms with Crippen LogP contribution in [0.3, 0.4) is 0 Å². The molecule has 1 fully saturated rings. The summed E-state index contributed by atoms with van der Waals surface area (Å²) in [6, 6.07) is 2.66. The van der Waals surface area contributed by atoms with E-state index in [4.69, 9.17) is 0 Å². The third kappa shape index (κ3) is 4.07. The number of hydrogen-bond donors (Lipinski definition) is 2. The van der Waals surface area contributed by atoms with Crippen molar-refractivity contribution < 1.29 is 0 Å². The first-order valence-corrected chi connectivity index (χ1v) is 7.66. The van der Waals surface area contributed by atoms with Crippen molar-refractivity contribution >= 4 is 11.8 Å². The highest BCUT2D eigenvalue weighted by Crippen LogP contribution is 2.19. The smallest absolute Gasteiger partial charge is 0.224 e. The highest BCUT2D eigenvalue weighted by Gasteiger charge is 2.23. The molecule has 1 atom stereocenters. The Labute approximate surface area is 122 Å². The van der Waals surface area contributed by atoms with Crippen molar-refractivity contribution in [2.75, 3.05) is 36.8 Å². The van der Waals surface area contributed by atoms with E-state index in [0.717, 1.165) is 30.5 Å². The van der Waals surface area contributed by atoms with Gasteiger partial charge in [0.15, 0.2) is 0 Å². The molecular weight excluding hydrogens is 250 g/mol. The lowest BCUT2D eigenvalue weighted by Crippen LogP contribution is -2.29. The minimum atomic E-state index is 0.654. The molecule has 1 aromatic heterocycles. The number of hydrogen-bond acceptors (Lipinski definition) is 5. The molecule has 1 aromatic rings. The van der Waals surface area contributed by atoms with Crippen LogP contribution in [0.5, 0.6) is 0 Å². The molecule has 0 radical (unpaired) electrons. The molecule has 0 amide bonds. The summed E-state index contributed by atoms with van der Waals surface area (Å²) >= 11 is 0. The van der Waals surface area contributed by atoms with Crippen LogP contribution < -0.4 is 10.6 Å². The van der Waals surface area contributed by atoms with Crippen molar-refractivity contribution in [1.82, 2.24) is 14.9 Å². The van der Waals surface area contributed by atoms with Crippen molar-refractivity contribution in [3.63, 3.8) is 0 Å². The second-order valence-corrected chi connectivity index (χ2v) is 5.87. The first kappa shape index (κ1) is 15.0. The lowest BCUT2D eigenvalue weighted by atomic mass is 10.1. The fourth-order valence-corrected chi connectivity index (χ4v) is 2.64. The maximum Gasteiger partial charge on any atom is 0.224 e. The Kier molecular flexibility index (Phi) is 5.17. The molecule has 5 heteroatoms. The molecule has 112 valence electrons. The van der Waals surface area contributed by atoms with Gasteiger partial charge in [0, 0.05) is 37.4 Å². The monoisotopic (exact) mass is 277 g/mol. The van der Waals surface area contributed by atoms with E-state index in [1.54, 1.807) is 0 Å². The Balaban J connectivity index is 1.88. The average Bonchev–Trinajstić information content (AvgIpc) is 2.85. The SMILES string of the molecule is CCNc1nc(C)cc(NCC2CCN(C(C)C)C2)n1. The molecular formula is C15H27N5. The van der Waals surface area contributed by atoms with Crippen molar-refractivity contribution in [3.05, 3.63) is 11.8 Å². The van der Waals surface area contributed by atoms with Crippen molar-refractivity contribution in [2.45, 2.75) is 40.2 Å². The number of likely N-dealkylation sites (tertiary alicyclic amines) is 1. The average molecular weight is 277 g/mol. The van der Waals surface area contributed by atoms with Gasteiger partial charge in [0.2, 0.25) is 5.95 Å². The van der Waals surface area contributed by atoms with Crippen LogP contribution in [-0.2, 0) is 0 Å². The van der Waals surface area contributed by atoms with E-state index in [1.807, 2.05) is 13.0 Å². The minimum Gasteiger partial charge on any atom is -0.370 e. The molecule has 1 aliphatic rings. The van der Waals surface area contributed by atoms with Crippen LogP contribution in [-0.4, -0.2) is 47.1 Å². The van der Waals surface area contributed by atoms with Gasteiger partial charge in [-0.15, -0.1) is 0 Å². The summed E-state index contributed by atoms with van der Waals surface area (Å²) < 4.78 is 0. The fraction of sp³-hybridized carbons (Fsp3) is 0.733. The maximum atomic E-state index is 4.49. The molecule has 1 unspecified atom stereocenters. The third-order valence-corrected chi connectivity index (χ3v) is 3.81. The minimum absolute atomic E-state index is 0.654.